The Labute approximate surface area is 121 Å². The highest BCUT2D eigenvalue weighted by molar-refractivity contribution is 8.00. The quantitative estimate of drug-likeness (QED) is 0.613. The third-order valence-electron chi connectivity index (χ3n) is 2.92. The lowest BCUT2D eigenvalue weighted by Gasteiger charge is -2.03. The van der Waals surface area contributed by atoms with Gasteiger partial charge >= 0.3 is 0 Å². The number of fused-ring (bicyclic) bond motifs is 1. The molecule has 1 heterocycles. The Morgan fingerprint density at radius 3 is 2.53 bits per heavy atom. The van der Waals surface area contributed by atoms with E-state index in [2.05, 4.69) is 55.2 Å². The average molecular weight is 285 g/mol. The molecule has 1 nitrogen and oxygen atoms in total. The lowest BCUT2D eigenvalue weighted by atomic mass is 10.1. The fraction of sp³-hybridized carbons (Fsp3) is 0.188. The van der Waals surface area contributed by atoms with Crippen LogP contribution in [0.2, 0.25) is 0 Å². The number of hydrogen-bond donors (Lipinski definition) is 0. The predicted molar refractivity (Wildman–Crippen MR) is 85.1 cm³/mol. The molecule has 19 heavy (non-hydrogen) atoms. The van der Waals surface area contributed by atoms with Crippen LogP contribution in [0.25, 0.3) is 10.2 Å². The van der Waals surface area contributed by atoms with E-state index in [-0.39, 0.29) is 0 Å². The highest BCUT2D eigenvalue weighted by Gasteiger charge is 2.04. The van der Waals surface area contributed by atoms with Gasteiger partial charge in [0.1, 0.15) is 0 Å². The van der Waals surface area contributed by atoms with Gasteiger partial charge in [0.2, 0.25) is 0 Å². The first-order chi connectivity index (χ1) is 9.20. The molecule has 96 valence electrons. The van der Waals surface area contributed by atoms with Crippen molar-refractivity contribution in [1.82, 2.24) is 4.98 Å². The van der Waals surface area contributed by atoms with Crippen LogP contribution in [0.15, 0.2) is 46.8 Å². The number of rotatable bonds is 3. The fourth-order valence-corrected chi connectivity index (χ4v) is 4.21. The molecule has 0 atom stereocenters. The highest BCUT2D eigenvalue weighted by atomic mass is 32.2. The first kappa shape index (κ1) is 12.7. The number of para-hydroxylation sites is 1. The SMILES string of the molecule is Cc1cc(C)cc(CSc2nc3ccccc3s2)c1. The first-order valence-electron chi connectivity index (χ1n) is 6.26. The maximum Gasteiger partial charge on any atom is 0.151 e. The van der Waals surface area contributed by atoms with Crippen LogP contribution < -0.4 is 0 Å². The van der Waals surface area contributed by atoms with Crippen LogP contribution in [0.3, 0.4) is 0 Å². The van der Waals surface area contributed by atoms with Crippen molar-refractivity contribution in [3.05, 3.63) is 59.2 Å². The van der Waals surface area contributed by atoms with E-state index in [4.69, 9.17) is 0 Å². The molecule has 0 fully saturated rings. The number of thiazole rings is 1. The Kier molecular flexibility index (Phi) is 3.58. The van der Waals surface area contributed by atoms with Crippen molar-refractivity contribution in [3.8, 4) is 0 Å². The molecular formula is C16H15NS2. The summed E-state index contributed by atoms with van der Waals surface area (Å²) in [6.07, 6.45) is 0. The van der Waals surface area contributed by atoms with Crippen molar-refractivity contribution < 1.29 is 0 Å². The number of benzene rings is 2. The Balaban J connectivity index is 1.78. The van der Waals surface area contributed by atoms with Gasteiger partial charge in [-0.15, -0.1) is 11.3 Å². The second kappa shape index (κ2) is 5.35. The van der Waals surface area contributed by atoms with E-state index >= 15 is 0 Å². The largest absolute Gasteiger partial charge is 0.230 e. The Hall–Kier alpha value is -1.32. The van der Waals surface area contributed by atoms with E-state index in [1.165, 1.54) is 21.4 Å². The van der Waals surface area contributed by atoms with Crippen molar-refractivity contribution in [2.45, 2.75) is 23.9 Å². The molecule has 0 unspecified atom stereocenters. The third kappa shape index (κ3) is 2.99. The first-order valence-corrected chi connectivity index (χ1v) is 8.06. The lowest BCUT2D eigenvalue weighted by Crippen LogP contribution is -1.84. The number of nitrogens with zero attached hydrogens (tertiary/aromatic N) is 1. The van der Waals surface area contributed by atoms with Gasteiger partial charge in [-0.2, -0.15) is 0 Å². The van der Waals surface area contributed by atoms with Crippen LogP contribution in [0, 0.1) is 13.8 Å². The molecule has 1 aromatic heterocycles. The Morgan fingerprint density at radius 2 is 1.79 bits per heavy atom. The van der Waals surface area contributed by atoms with Gasteiger partial charge in [0.15, 0.2) is 4.34 Å². The molecule has 0 aliphatic heterocycles. The van der Waals surface area contributed by atoms with Crippen LogP contribution in [0.4, 0.5) is 0 Å². The maximum absolute atomic E-state index is 4.65. The van der Waals surface area contributed by atoms with Crippen LogP contribution >= 0.6 is 23.1 Å². The summed E-state index contributed by atoms with van der Waals surface area (Å²) in [7, 11) is 0. The summed E-state index contributed by atoms with van der Waals surface area (Å²) < 4.78 is 2.42. The van der Waals surface area contributed by atoms with E-state index in [9.17, 15) is 0 Å². The van der Waals surface area contributed by atoms with Gasteiger partial charge in [0, 0.05) is 5.75 Å². The van der Waals surface area contributed by atoms with E-state index in [1.807, 2.05) is 17.8 Å². The van der Waals surface area contributed by atoms with Gasteiger partial charge in [-0.05, 0) is 31.5 Å². The summed E-state index contributed by atoms with van der Waals surface area (Å²) in [4.78, 5) is 4.65. The molecule has 0 saturated carbocycles. The van der Waals surface area contributed by atoms with Gasteiger partial charge in [-0.25, -0.2) is 4.98 Å². The molecule has 2 aromatic carbocycles. The van der Waals surface area contributed by atoms with Crippen molar-refractivity contribution in [1.29, 1.82) is 0 Å². The standard InChI is InChI=1S/C16H15NS2/c1-11-7-12(2)9-13(8-11)10-18-16-17-14-5-3-4-6-15(14)19-16/h3-9H,10H2,1-2H3. The van der Waals surface area contributed by atoms with Crippen LogP contribution in [0.1, 0.15) is 16.7 Å². The molecule has 3 heteroatoms. The Morgan fingerprint density at radius 1 is 1.05 bits per heavy atom. The van der Waals surface area contributed by atoms with Crippen LogP contribution in [-0.2, 0) is 5.75 Å². The van der Waals surface area contributed by atoms with Gasteiger partial charge in [-0.1, -0.05) is 53.2 Å². The molecule has 3 aromatic rings. The summed E-state index contributed by atoms with van der Waals surface area (Å²) in [6, 6.07) is 15.0. The molecular weight excluding hydrogens is 270 g/mol. The summed E-state index contributed by atoms with van der Waals surface area (Å²) in [5, 5.41) is 0. The van der Waals surface area contributed by atoms with Gasteiger partial charge in [-0.3, -0.25) is 0 Å². The van der Waals surface area contributed by atoms with Crippen molar-refractivity contribution >= 4 is 33.3 Å². The third-order valence-corrected chi connectivity index (χ3v) is 5.17. The van der Waals surface area contributed by atoms with E-state index in [0.717, 1.165) is 15.6 Å². The number of aromatic nitrogens is 1. The zero-order chi connectivity index (χ0) is 13.2. The monoisotopic (exact) mass is 285 g/mol. The van der Waals surface area contributed by atoms with Gasteiger partial charge in [0.25, 0.3) is 0 Å². The zero-order valence-corrected chi connectivity index (χ0v) is 12.6. The minimum absolute atomic E-state index is 0.988. The Bertz CT molecular complexity index is 662. The van der Waals surface area contributed by atoms with Crippen molar-refractivity contribution in [2.24, 2.45) is 0 Å². The molecule has 0 saturated heterocycles. The number of aryl methyl sites for hydroxylation is 2. The van der Waals surface area contributed by atoms with Gasteiger partial charge in [0.05, 0.1) is 10.2 Å². The van der Waals surface area contributed by atoms with Gasteiger partial charge < -0.3 is 0 Å². The summed E-state index contributed by atoms with van der Waals surface area (Å²) in [5.74, 6) is 0.988. The molecule has 0 amide bonds. The molecule has 0 aliphatic carbocycles. The minimum Gasteiger partial charge on any atom is -0.230 e. The smallest absolute Gasteiger partial charge is 0.151 e. The van der Waals surface area contributed by atoms with E-state index in [1.54, 1.807) is 11.3 Å². The maximum atomic E-state index is 4.65. The van der Waals surface area contributed by atoms with Crippen molar-refractivity contribution in [2.75, 3.05) is 0 Å². The average Bonchev–Trinajstić information content (AvgIpc) is 2.78. The molecule has 0 spiro atoms. The van der Waals surface area contributed by atoms with Crippen LogP contribution in [0.5, 0.6) is 0 Å². The van der Waals surface area contributed by atoms with E-state index < -0.39 is 0 Å². The highest BCUT2D eigenvalue weighted by Crippen LogP contribution is 2.31. The molecule has 0 aliphatic rings. The number of hydrogen-bond acceptors (Lipinski definition) is 3. The summed E-state index contributed by atoms with van der Waals surface area (Å²) >= 11 is 3.60. The second-order valence-corrected chi connectivity index (χ2v) is 6.99. The van der Waals surface area contributed by atoms with E-state index in [0.29, 0.717) is 0 Å². The molecule has 0 radical (unpaired) electrons. The van der Waals surface area contributed by atoms with Crippen LogP contribution in [-0.4, -0.2) is 4.98 Å². The summed E-state index contributed by atoms with van der Waals surface area (Å²) in [6.45, 7) is 4.30. The normalized spacial score (nSPS) is 11.1. The summed E-state index contributed by atoms with van der Waals surface area (Å²) in [5.41, 5.74) is 5.15. The minimum atomic E-state index is 0.988. The fourth-order valence-electron chi connectivity index (χ4n) is 2.21. The molecule has 0 N–H and O–H groups in total. The molecule has 0 bridgehead atoms. The zero-order valence-electron chi connectivity index (χ0n) is 11.0. The predicted octanol–water partition coefficient (Wildman–Crippen LogP) is 5.21. The topological polar surface area (TPSA) is 12.9 Å². The lowest BCUT2D eigenvalue weighted by molar-refractivity contribution is 1.27. The number of thioether (sulfide) groups is 1. The molecule has 3 rings (SSSR count). The van der Waals surface area contributed by atoms with Crippen molar-refractivity contribution in [3.63, 3.8) is 0 Å². The second-order valence-electron chi connectivity index (χ2n) is 4.73.